The van der Waals surface area contributed by atoms with Crippen LogP contribution in [0.1, 0.15) is 0 Å². The third kappa shape index (κ3) is 2.35. The monoisotopic (exact) mass is 251 g/mol. The second kappa shape index (κ2) is 4.42. The predicted octanol–water partition coefficient (Wildman–Crippen LogP) is 2.77. The molecule has 0 aliphatic rings. The summed E-state index contributed by atoms with van der Waals surface area (Å²) >= 11 is 5.41. The van der Waals surface area contributed by atoms with Gasteiger partial charge in [-0.3, -0.25) is 0 Å². The summed E-state index contributed by atoms with van der Waals surface area (Å²) in [4.78, 5) is 11.4. The van der Waals surface area contributed by atoms with Crippen LogP contribution in [-0.2, 0) is 4.57 Å². The molecule has 4 heteroatoms. The molecular formula is C12H9ClO2P-. The number of hydrogen-bond acceptors (Lipinski definition) is 2. The van der Waals surface area contributed by atoms with E-state index in [1.807, 2.05) is 30.3 Å². The van der Waals surface area contributed by atoms with E-state index in [0.29, 0.717) is 5.56 Å². The summed E-state index contributed by atoms with van der Waals surface area (Å²) < 4.78 is 11.4. The van der Waals surface area contributed by atoms with Crippen LogP contribution in [-0.4, -0.2) is 0 Å². The molecule has 0 aromatic heterocycles. The topological polar surface area (TPSA) is 40.1 Å². The predicted molar refractivity (Wildman–Crippen MR) is 65.0 cm³/mol. The maximum Gasteiger partial charge on any atom is 0.130 e. The van der Waals surface area contributed by atoms with Crippen LogP contribution >= 0.6 is 18.0 Å². The van der Waals surface area contributed by atoms with Crippen LogP contribution in [0.25, 0.3) is 11.1 Å². The van der Waals surface area contributed by atoms with Crippen molar-refractivity contribution in [1.82, 2.24) is 0 Å². The Morgan fingerprint density at radius 1 is 0.938 bits per heavy atom. The van der Waals surface area contributed by atoms with Gasteiger partial charge in [0, 0.05) is 5.30 Å². The minimum absolute atomic E-state index is 0.169. The molecule has 0 aliphatic carbocycles. The molecule has 0 fully saturated rings. The van der Waals surface area contributed by atoms with Crippen LogP contribution in [0.2, 0.25) is 0 Å². The second-order valence-corrected chi connectivity index (χ2v) is 6.14. The minimum atomic E-state index is -4.00. The first kappa shape index (κ1) is 11.4. The van der Waals surface area contributed by atoms with E-state index in [-0.39, 0.29) is 5.30 Å². The number of halogens is 1. The molecule has 16 heavy (non-hydrogen) atoms. The highest BCUT2D eigenvalue weighted by molar-refractivity contribution is 7.89. The Kier molecular flexibility index (Phi) is 3.15. The van der Waals surface area contributed by atoms with Crippen LogP contribution in [0.4, 0.5) is 0 Å². The van der Waals surface area contributed by atoms with Crippen molar-refractivity contribution >= 4 is 23.3 Å². The van der Waals surface area contributed by atoms with Gasteiger partial charge in [0.2, 0.25) is 0 Å². The van der Waals surface area contributed by atoms with Gasteiger partial charge in [0.15, 0.2) is 0 Å². The molecular weight excluding hydrogens is 243 g/mol. The quantitative estimate of drug-likeness (QED) is 0.770. The highest BCUT2D eigenvalue weighted by atomic mass is 35.7. The molecule has 1 atom stereocenters. The number of rotatable bonds is 2. The molecule has 2 rings (SSSR count). The van der Waals surface area contributed by atoms with Gasteiger partial charge < -0.3 is 9.46 Å². The van der Waals surface area contributed by atoms with Crippen molar-refractivity contribution in [2.75, 3.05) is 0 Å². The Morgan fingerprint density at radius 2 is 1.50 bits per heavy atom. The second-order valence-electron chi connectivity index (χ2n) is 3.36. The molecule has 2 aromatic carbocycles. The van der Waals surface area contributed by atoms with E-state index in [1.165, 1.54) is 6.07 Å². The van der Waals surface area contributed by atoms with Crippen molar-refractivity contribution in [3.63, 3.8) is 0 Å². The molecule has 0 heterocycles. The summed E-state index contributed by atoms with van der Waals surface area (Å²) in [5.41, 5.74) is 1.48. The Morgan fingerprint density at radius 3 is 2.12 bits per heavy atom. The van der Waals surface area contributed by atoms with Crippen LogP contribution in [0, 0.1) is 0 Å². The molecule has 0 N–H and O–H groups in total. The first-order chi connectivity index (χ1) is 7.59. The third-order valence-electron chi connectivity index (χ3n) is 2.28. The summed E-state index contributed by atoms with van der Waals surface area (Å²) in [6, 6.07) is 16.0. The fourth-order valence-electron chi connectivity index (χ4n) is 1.57. The SMILES string of the molecule is O=P([O-])(Cl)c1ccccc1-c1ccccc1. The van der Waals surface area contributed by atoms with E-state index in [4.69, 9.17) is 11.2 Å². The van der Waals surface area contributed by atoms with Crippen LogP contribution in [0.5, 0.6) is 0 Å². The smallest absolute Gasteiger partial charge is 0.130 e. The van der Waals surface area contributed by atoms with E-state index in [1.54, 1.807) is 18.2 Å². The van der Waals surface area contributed by atoms with Gasteiger partial charge in [0.05, 0.1) is 0 Å². The lowest BCUT2D eigenvalue weighted by Crippen LogP contribution is -2.12. The van der Waals surface area contributed by atoms with Crippen molar-refractivity contribution in [3.05, 3.63) is 54.6 Å². The van der Waals surface area contributed by atoms with Crippen molar-refractivity contribution < 1.29 is 9.46 Å². The highest BCUT2D eigenvalue weighted by Gasteiger charge is 2.12. The third-order valence-corrected chi connectivity index (χ3v) is 3.79. The van der Waals surface area contributed by atoms with E-state index in [2.05, 4.69) is 0 Å². The van der Waals surface area contributed by atoms with Gasteiger partial charge in [0.25, 0.3) is 0 Å². The fourth-order valence-corrected chi connectivity index (χ4v) is 2.77. The lowest BCUT2D eigenvalue weighted by Gasteiger charge is -2.18. The first-order valence-corrected chi connectivity index (χ1v) is 7.28. The molecule has 0 amide bonds. The summed E-state index contributed by atoms with van der Waals surface area (Å²) in [5.74, 6) is 0. The molecule has 2 nitrogen and oxygen atoms in total. The van der Waals surface area contributed by atoms with Gasteiger partial charge in [-0.1, -0.05) is 65.8 Å². The lowest BCUT2D eigenvalue weighted by atomic mass is 10.1. The van der Waals surface area contributed by atoms with Gasteiger partial charge in [-0.05, 0) is 11.1 Å². The van der Waals surface area contributed by atoms with Gasteiger partial charge in [-0.15, -0.1) is 0 Å². The normalized spacial score (nSPS) is 14.4. The number of hydrogen-bond donors (Lipinski definition) is 0. The Bertz CT molecular complexity index is 534. The molecule has 82 valence electrons. The molecule has 0 saturated heterocycles. The molecule has 0 radical (unpaired) electrons. The molecule has 0 spiro atoms. The van der Waals surface area contributed by atoms with E-state index in [0.717, 1.165) is 5.56 Å². The zero-order valence-electron chi connectivity index (χ0n) is 8.34. The van der Waals surface area contributed by atoms with Crippen LogP contribution in [0.3, 0.4) is 0 Å². The summed E-state index contributed by atoms with van der Waals surface area (Å²) in [6.07, 6.45) is 0. The maximum atomic E-state index is 11.4. The van der Waals surface area contributed by atoms with E-state index < -0.39 is 6.72 Å². The van der Waals surface area contributed by atoms with Crippen molar-refractivity contribution in [2.45, 2.75) is 0 Å². The van der Waals surface area contributed by atoms with Crippen LogP contribution < -0.4 is 10.2 Å². The zero-order chi connectivity index (χ0) is 11.6. The van der Waals surface area contributed by atoms with E-state index in [9.17, 15) is 9.46 Å². The average Bonchev–Trinajstić information content (AvgIpc) is 2.29. The van der Waals surface area contributed by atoms with Crippen molar-refractivity contribution in [3.8, 4) is 11.1 Å². The van der Waals surface area contributed by atoms with E-state index >= 15 is 0 Å². The molecule has 0 saturated carbocycles. The Balaban J connectivity index is 2.63. The first-order valence-electron chi connectivity index (χ1n) is 4.75. The van der Waals surface area contributed by atoms with Gasteiger partial charge in [0.1, 0.15) is 6.72 Å². The molecule has 1 unspecified atom stereocenters. The summed E-state index contributed by atoms with van der Waals surface area (Å²) in [7, 11) is 0. The van der Waals surface area contributed by atoms with Gasteiger partial charge in [-0.2, -0.15) is 0 Å². The Labute approximate surface area is 98.8 Å². The van der Waals surface area contributed by atoms with Gasteiger partial charge >= 0.3 is 0 Å². The Hall–Kier alpha value is -1.08. The van der Waals surface area contributed by atoms with Crippen molar-refractivity contribution in [2.24, 2.45) is 0 Å². The lowest BCUT2D eigenvalue weighted by molar-refractivity contribution is -0.164. The minimum Gasteiger partial charge on any atom is -0.784 e. The number of benzene rings is 2. The highest BCUT2D eigenvalue weighted by Crippen LogP contribution is 2.43. The molecule has 0 bridgehead atoms. The van der Waals surface area contributed by atoms with Crippen molar-refractivity contribution in [1.29, 1.82) is 0 Å². The maximum absolute atomic E-state index is 11.4. The standard InChI is InChI=1S/C12H10ClO2P/c13-16(14,15)12-9-5-4-8-11(12)10-6-2-1-3-7-10/h1-9H,(H,14,15)/p-1. The largest absolute Gasteiger partial charge is 0.784 e. The van der Waals surface area contributed by atoms with Crippen LogP contribution in [0.15, 0.2) is 54.6 Å². The fraction of sp³-hybridized carbons (Fsp3) is 0. The molecule has 2 aromatic rings. The summed E-state index contributed by atoms with van der Waals surface area (Å²) in [6.45, 7) is -4.00. The summed E-state index contributed by atoms with van der Waals surface area (Å²) in [5, 5.41) is 0.169. The average molecular weight is 252 g/mol. The molecule has 0 aliphatic heterocycles. The zero-order valence-corrected chi connectivity index (χ0v) is 9.99. The van der Waals surface area contributed by atoms with Gasteiger partial charge in [-0.25, -0.2) is 0 Å².